The van der Waals surface area contributed by atoms with Crippen LogP contribution in [0.15, 0.2) is 60.9 Å². The van der Waals surface area contributed by atoms with Crippen LogP contribution in [-0.4, -0.2) is 36.2 Å². The monoisotopic (exact) mass is 430 g/mol. The van der Waals surface area contributed by atoms with Crippen molar-refractivity contribution in [3.05, 3.63) is 78.1 Å². The summed E-state index contributed by atoms with van der Waals surface area (Å²) >= 11 is 0. The Balaban J connectivity index is 1.69. The lowest BCUT2D eigenvalue weighted by Gasteiger charge is -2.28. The summed E-state index contributed by atoms with van der Waals surface area (Å²) in [6, 6.07) is 11.6. The van der Waals surface area contributed by atoms with Crippen molar-refractivity contribution in [2.45, 2.75) is 26.4 Å². The molecule has 158 valence electrons. The van der Waals surface area contributed by atoms with Crippen molar-refractivity contribution >= 4 is 21.6 Å². The third-order valence-electron chi connectivity index (χ3n) is 4.68. The molecule has 1 aromatic heterocycles. The molecule has 7 nitrogen and oxygen atoms in total. The van der Waals surface area contributed by atoms with E-state index in [0.29, 0.717) is 0 Å². The maximum Gasteiger partial charge on any atom is 0.243 e. The first kappa shape index (κ1) is 21.5. The molecule has 1 amide bonds. The number of aromatic nitrogens is 2. The van der Waals surface area contributed by atoms with Crippen LogP contribution in [-0.2, 0) is 21.4 Å². The molecular weight excluding hydrogens is 407 g/mol. The molecule has 0 fully saturated rings. The van der Waals surface area contributed by atoms with Crippen LogP contribution >= 0.6 is 0 Å². The number of nitrogens with zero attached hydrogens (tertiary/aromatic N) is 3. The second kappa shape index (κ2) is 8.66. The molecule has 0 saturated heterocycles. The lowest BCUT2D eigenvalue weighted by molar-refractivity contribution is -0.122. The van der Waals surface area contributed by atoms with E-state index in [1.807, 2.05) is 42.0 Å². The van der Waals surface area contributed by atoms with Gasteiger partial charge >= 0.3 is 0 Å². The van der Waals surface area contributed by atoms with E-state index in [4.69, 9.17) is 0 Å². The number of halogens is 1. The van der Waals surface area contributed by atoms with Gasteiger partial charge in [0.2, 0.25) is 15.9 Å². The molecule has 1 atom stereocenters. The smallest absolute Gasteiger partial charge is 0.243 e. The van der Waals surface area contributed by atoms with Gasteiger partial charge in [-0.2, -0.15) is 0 Å². The Bertz CT molecular complexity index is 1130. The number of imidazole rings is 1. The highest BCUT2D eigenvalue weighted by Crippen LogP contribution is 2.21. The highest BCUT2D eigenvalue weighted by Gasteiger charge is 2.29. The number of rotatable bonds is 7. The lowest BCUT2D eigenvalue weighted by atomic mass is 10.2. The molecule has 3 rings (SSSR count). The number of carbonyl (C=O) groups excluding carboxylic acids is 1. The van der Waals surface area contributed by atoms with Crippen molar-refractivity contribution in [2.24, 2.45) is 0 Å². The fraction of sp³-hybridized carbons (Fsp3) is 0.238. The number of nitrogens with one attached hydrogen (secondary N) is 1. The molecule has 30 heavy (non-hydrogen) atoms. The minimum atomic E-state index is -3.75. The number of sulfonamides is 1. The zero-order valence-electron chi connectivity index (χ0n) is 16.9. The first-order valence-electron chi connectivity index (χ1n) is 9.29. The predicted molar refractivity (Wildman–Crippen MR) is 113 cm³/mol. The Hall–Kier alpha value is -3.20. The summed E-state index contributed by atoms with van der Waals surface area (Å²) < 4.78 is 40.6. The van der Waals surface area contributed by atoms with Gasteiger partial charge in [-0.1, -0.05) is 12.1 Å². The average molecular weight is 431 g/mol. The number of hydrogen-bond donors (Lipinski definition) is 1. The minimum absolute atomic E-state index is 0.224. The molecular formula is C21H23FN4O3S. The van der Waals surface area contributed by atoms with Crippen LogP contribution in [0, 0.1) is 12.7 Å². The van der Waals surface area contributed by atoms with Crippen molar-refractivity contribution in [3.63, 3.8) is 0 Å². The standard InChI is InChI=1S/C21H23FN4O3S/c1-15(26(30(3,28)29)20-10-6-18(22)7-11-20)21(27)24-14-17-4-8-19(9-5-17)25-13-12-23-16(25)2/h4-13,15H,14H2,1-3H3,(H,24,27)/t15-/m0/s1. The molecule has 0 aliphatic rings. The first-order valence-corrected chi connectivity index (χ1v) is 11.1. The molecule has 0 saturated carbocycles. The van der Waals surface area contributed by atoms with Gasteiger partial charge in [0.25, 0.3) is 0 Å². The molecule has 0 aliphatic heterocycles. The van der Waals surface area contributed by atoms with Gasteiger partial charge in [-0.25, -0.2) is 17.8 Å². The summed E-state index contributed by atoms with van der Waals surface area (Å²) in [7, 11) is -3.75. The molecule has 0 bridgehead atoms. The number of hydrogen-bond acceptors (Lipinski definition) is 4. The zero-order valence-corrected chi connectivity index (χ0v) is 17.7. The van der Waals surface area contributed by atoms with Gasteiger partial charge in [0.1, 0.15) is 17.7 Å². The number of benzene rings is 2. The molecule has 0 unspecified atom stereocenters. The van der Waals surface area contributed by atoms with E-state index in [9.17, 15) is 17.6 Å². The number of anilines is 1. The van der Waals surface area contributed by atoms with E-state index in [0.717, 1.165) is 39.8 Å². The summed E-state index contributed by atoms with van der Waals surface area (Å²) in [4.78, 5) is 16.8. The van der Waals surface area contributed by atoms with E-state index in [-0.39, 0.29) is 12.2 Å². The van der Waals surface area contributed by atoms with Crippen LogP contribution in [0.25, 0.3) is 5.69 Å². The molecule has 2 aromatic carbocycles. The van der Waals surface area contributed by atoms with Gasteiger partial charge in [0.05, 0.1) is 11.9 Å². The highest BCUT2D eigenvalue weighted by atomic mass is 32.2. The quantitative estimate of drug-likeness (QED) is 0.625. The fourth-order valence-electron chi connectivity index (χ4n) is 3.16. The minimum Gasteiger partial charge on any atom is -0.350 e. The van der Waals surface area contributed by atoms with Crippen molar-refractivity contribution in [2.75, 3.05) is 10.6 Å². The summed E-state index contributed by atoms with van der Waals surface area (Å²) in [6.07, 6.45) is 4.60. The van der Waals surface area contributed by atoms with Gasteiger partial charge < -0.3 is 9.88 Å². The second-order valence-electron chi connectivity index (χ2n) is 6.94. The summed E-state index contributed by atoms with van der Waals surface area (Å²) in [6.45, 7) is 3.64. The summed E-state index contributed by atoms with van der Waals surface area (Å²) in [5.74, 6) is -0.0792. The zero-order chi connectivity index (χ0) is 21.9. The first-order chi connectivity index (χ1) is 14.2. The maximum absolute atomic E-state index is 13.2. The molecule has 0 radical (unpaired) electrons. The van der Waals surface area contributed by atoms with Gasteiger partial charge in [-0.15, -0.1) is 0 Å². The normalized spacial score (nSPS) is 12.4. The van der Waals surface area contributed by atoms with Gasteiger partial charge in [-0.3, -0.25) is 9.10 Å². The molecule has 0 aliphatic carbocycles. The van der Waals surface area contributed by atoms with E-state index < -0.39 is 27.8 Å². The van der Waals surface area contributed by atoms with Gasteiger partial charge in [-0.05, 0) is 55.8 Å². The van der Waals surface area contributed by atoms with Crippen LogP contribution in [0.2, 0.25) is 0 Å². The van der Waals surface area contributed by atoms with Gasteiger partial charge in [0, 0.05) is 24.6 Å². The van der Waals surface area contributed by atoms with Gasteiger partial charge in [0.15, 0.2) is 0 Å². The number of carbonyl (C=O) groups is 1. The number of aryl methyl sites for hydroxylation is 1. The summed E-state index contributed by atoms with van der Waals surface area (Å²) in [5, 5.41) is 2.76. The van der Waals surface area contributed by atoms with Crippen LogP contribution in [0.1, 0.15) is 18.3 Å². The van der Waals surface area contributed by atoms with Crippen LogP contribution in [0.5, 0.6) is 0 Å². The predicted octanol–water partition coefficient (Wildman–Crippen LogP) is 2.79. The number of amides is 1. The van der Waals surface area contributed by atoms with E-state index >= 15 is 0 Å². The Labute approximate surface area is 175 Å². The Kier molecular flexibility index (Phi) is 6.21. The lowest BCUT2D eigenvalue weighted by Crippen LogP contribution is -2.47. The largest absolute Gasteiger partial charge is 0.350 e. The topological polar surface area (TPSA) is 84.3 Å². The van der Waals surface area contributed by atoms with Crippen molar-refractivity contribution in [1.29, 1.82) is 0 Å². The molecule has 9 heteroatoms. The third kappa shape index (κ3) is 4.85. The van der Waals surface area contributed by atoms with E-state index in [2.05, 4.69) is 10.3 Å². The second-order valence-corrected chi connectivity index (χ2v) is 8.80. The fourth-order valence-corrected chi connectivity index (χ4v) is 4.33. The van der Waals surface area contributed by atoms with E-state index in [1.165, 1.54) is 19.1 Å². The Morgan fingerprint density at radius 2 is 1.80 bits per heavy atom. The van der Waals surface area contributed by atoms with Crippen molar-refractivity contribution in [1.82, 2.24) is 14.9 Å². The van der Waals surface area contributed by atoms with E-state index in [1.54, 1.807) is 6.20 Å². The average Bonchev–Trinajstić information content (AvgIpc) is 3.13. The van der Waals surface area contributed by atoms with Crippen LogP contribution in [0.4, 0.5) is 10.1 Å². The molecule has 1 N–H and O–H groups in total. The summed E-state index contributed by atoms with van der Waals surface area (Å²) in [5.41, 5.74) is 2.04. The van der Waals surface area contributed by atoms with Crippen molar-refractivity contribution < 1.29 is 17.6 Å². The van der Waals surface area contributed by atoms with Crippen molar-refractivity contribution in [3.8, 4) is 5.69 Å². The Morgan fingerprint density at radius 3 is 2.33 bits per heavy atom. The van der Waals surface area contributed by atoms with Crippen LogP contribution < -0.4 is 9.62 Å². The SMILES string of the molecule is Cc1nccn1-c1ccc(CNC(=O)[C@H](C)N(c2ccc(F)cc2)S(C)(=O)=O)cc1. The Morgan fingerprint density at radius 1 is 1.17 bits per heavy atom. The maximum atomic E-state index is 13.2. The molecule has 1 heterocycles. The third-order valence-corrected chi connectivity index (χ3v) is 5.92. The molecule has 3 aromatic rings. The van der Waals surface area contributed by atoms with Crippen LogP contribution in [0.3, 0.4) is 0 Å². The highest BCUT2D eigenvalue weighted by molar-refractivity contribution is 7.92. The molecule has 0 spiro atoms.